The van der Waals surface area contributed by atoms with Crippen LogP contribution in [0.15, 0.2) is 203 Å². The summed E-state index contributed by atoms with van der Waals surface area (Å²) in [5.74, 6) is 2.08. The molecule has 0 radical (unpaired) electrons. The Morgan fingerprint density at radius 3 is 2.18 bits per heavy atom. The Balaban J connectivity index is 1.08. The van der Waals surface area contributed by atoms with Crippen molar-refractivity contribution in [3.8, 4) is 16.9 Å². The van der Waals surface area contributed by atoms with E-state index in [0.717, 1.165) is 30.0 Å². The summed E-state index contributed by atoms with van der Waals surface area (Å²) in [5.41, 5.74) is 10.6. The van der Waals surface area contributed by atoms with Gasteiger partial charge in [-0.25, -0.2) is 0 Å². The van der Waals surface area contributed by atoms with Crippen LogP contribution in [0.4, 0.5) is 11.4 Å². The van der Waals surface area contributed by atoms with Gasteiger partial charge < -0.3 is 9.64 Å². The molecule has 2 nitrogen and oxygen atoms in total. The molecule has 60 heavy (non-hydrogen) atoms. The van der Waals surface area contributed by atoms with Gasteiger partial charge >= 0.3 is 0 Å². The normalized spacial score (nSPS) is 15.8. The molecule has 0 N–H and O–H groups in total. The van der Waals surface area contributed by atoms with Gasteiger partial charge in [-0.1, -0.05) is 174 Å². The first kappa shape index (κ1) is 34.8. The number of hydrogen-bond donors (Lipinski definition) is 0. The van der Waals surface area contributed by atoms with E-state index in [-0.39, 0.29) is 6.71 Å². The van der Waals surface area contributed by atoms with Crippen molar-refractivity contribution >= 4 is 107 Å². The van der Waals surface area contributed by atoms with E-state index in [2.05, 4.69) is 187 Å². The number of hydrogen-bond acceptors (Lipinski definition) is 4. The maximum atomic E-state index is 6.56. The van der Waals surface area contributed by atoms with Crippen molar-refractivity contribution < 1.29 is 4.74 Å². The maximum Gasteiger partial charge on any atom is 0.243 e. The van der Waals surface area contributed by atoms with Gasteiger partial charge in [-0.2, -0.15) is 0 Å². The summed E-state index contributed by atoms with van der Waals surface area (Å²) in [5, 5.41) is 8.53. The first-order valence-electron chi connectivity index (χ1n) is 21.2. The molecule has 3 aliphatic heterocycles. The largest absolute Gasteiger partial charge is 0.458 e. The highest BCUT2D eigenvalue weighted by Gasteiger charge is 2.52. The number of anilines is 2. The van der Waals surface area contributed by atoms with Crippen molar-refractivity contribution in [2.24, 2.45) is 0 Å². The van der Waals surface area contributed by atoms with E-state index in [1.54, 1.807) is 0 Å². The van der Waals surface area contributed by atoms with E-state index in [1.165, 1.54) is 102 Å². The number of ether oxygens (including phenoxy) is 1. The van der Waals surface area contributed by atoms with Gasteiger partial charge in [-0.05, 0) is 87.5 Å². The number of fused-ring (bicyclic) bond motifs is 8. The molecule has 13 rings (SSSR count). The third-order valence-corrected chi connectivity index (χ3v) is 20.7. The Kier molecular flexibility index (Phi) is 7.82. The monoisotopic (exact) mass is 819 g/mol. The molecule has 0 saturated heterocycles. The van der Waals surface area contributed by atoms with E-state index in [9.17, 15) is 0 Å². The van der Waals surface area contributed by atoms with Gasteiger partial charge in [0.05, 0.1) is 11.4 Å². The molecule has 0 unspecified atom stereocenters. The minimum Gasteiger partial charge on any atom is -0.458 e. The van der Waals surface area contributed by atoms with Crippen LogP contribution < -0.4 is 46.8 Å². The molecule has 0 bridgehead atoms. The Morgan fingerprint density at radius 1 is 0.567 bits per heavy atom. The predicted octanol–water partition coefficient (Wildman–Crippen LogP) is 9.71. The zero-order valence-electron chi connectivity index (χ0n) is 32.9. The SMILES string of the molecule is c1ccc([Si]2(c3ccccc3)c3ccc(-c4cccc5c4sc4ccccc45)cc3B3c4ccc(N5C6=C(CCCC6)Oc6ccccc65)cc4Sc4cccc2c43)cc1. The van der Waals surface area contributed by atoms with E-state index >= 15 is 0 Å². The van der Waals surface area contributed by atoms with Gasteiger partial charge in [-0.15, -0.1) is 11.3 Å². The average molecular weight is 820 g/mol. The highest BCUT2D eigenvalue weighted by atomic mass is 32.2. The van der Waals surface area contributed by atoms with E-state index < -0.39 is 8.07 Å². The first-order valence-corrected chi connectivity index (χ1v) is 24.8. The van der Waals surface area contributed by atoms with E-state index in [4.69, 9.17) is 4.74 Å². The highest BCUT2D eigenvalue weighted by molar-refractivity contribution is 8.00. The first-order chi connectivity index (χ1) is 29.8. The minimum atomic E-state index is -2.79. The molecule has 0 atom stereocenters. The molecule has 1 aliphatic carbocycles. The fourth-order valence-corrected chi connectivity index (χ4v) is 18.7. The molecule has 4 heterocycles. The van der Waals surface area contributed by atoms with Crippen molar-refractivity contribution in [1.82, 2.24) is 0 Å². The van der Waals surface area contributed by atoms with Crippen molar-refractivity contribution in [2.45, 2.75) is 35.5 Å². The summed E-state index contributed by atoms with van der Waals surface area (Å²) in [6.45, 7) is 0.0903. The Hall–Kier alpha value is -6.05. The Bertz CT molecular complexity index is 3210. The van der Waals surface area contributed by atoms with Crippen LogP contribution in [0.2, 0.25) is 0 Å². The molecule has 8 aromatic carbocycles. The molecule has 1 aromatic heterocycles. The summed E-state index contributed by atoms with van der Waals surface area (Å²) in [7, 11) is -2.79. The zero-order chi connectivity index (χ0) is 39.4. The third-order valence-electron chi connectivity index (χ3n) is 13.4. The van der Waals surface area contributed by atoms with Crippen LogP contribution in [0.5, 0.6) is 5.75 Å². The number of benzene rings is 8. The Morgan fingerprint density at radius 2 is 1.32 bits per heavy atom. The van der Waals surface area contributed by atoms with Gasteiger partial charge in [-0.3, -0.25) is 0 Å². The van der Waals surface area contributed by atoms with Crippen molar-refractivity contribution in [1.29, 1.82) is 0 Å². The van der Waals surface area contributed by atoms with E-state index in [0.29, 0.717) is 0 Å². The number of allylic oxidation sites excluding steroid dienone is 2. The van der Waals surface area contributed by atoms with Crippen molar-refractivity contribution in [2.75, 3.05) is 4.90 Å². The predicted molar refractivity (Wildman–Crippen MR) is 258 cm³/mol. The molecule has 0 fully saturated rings. The lowest BCUT2D eigenvalue weighted by Gasteiger charge is -2.45. The molecule has 284 valence electrons. The zero-order valence-corrected chi connectivity index (χ0v) is 35.5. The average Bonchev–Trinajstić information content (AvgIpc) is 3.70. The lowest BCUT2D eigenvalue weighted by atomic mass is 9.36. The van der Waals surface area contributed by atoms with Gasteiger partial charge in [0.15, 0.2) is 13.8 Å². The minimum absolute atomic E-state index is 0.0903. The quantitative estimate of drug-likeness (QED) is 0.164. The standard InChI is InChI=1S/C54H38BNOS2Si/c1-3-15-37(16-4-1)60(38-17-5-2-6-18-38)51-32-29-35(39-20-13-21-41-40-19-7-12-26-48(40)59-54(39)41)33-43(51)55-42-31-30-36(34-50(42)58-49-27-14-28-52(60)53(49)55)56-44-22-8-10-24-46(44)57-47-25-11-9-23-45(47)56/h1-8,10,12-22,24,26-34H,9,11,23,25H2. The fourth-order valence-electron chi connectivity index (χ4n) is 10.9. The van der Waals surface area contributed by atoms with Crippen LogP contribution in [0.1, 0.15) is 25.7 Å². The number of rotatable bonds is 4. The number of nitrogens with zero attached hydrogens (tertiary/aromatic N) is 1. The molecule has 0 saturated carbocycles. The molecule has 9 aromatic rings. The second-order valence-electron chi connectivity index (χ2n) is 16.5. The molecule has 0 spiro atoms. The smallest absolute Gasteiger partial charge is 0.243 e. The summed E-state index contributed by atoms with van der Waals surface area (Å²) in [6.07, 6.45) is 4.37. The second-order valence-corrected chi connectivity index (χ2v) is 22.4. The van der Waals surface area contributed by atoms with Crippen LogP contribution in [0.25, 0.3) is 31.3 Å². The molecule has 4 aliphatic rings. The number of para-hydroxylation sites is 2. The summed E-state index contributed by atoms with van der Waals surface area (Å²) in [6, 6.07) is 69.3. The Labute approximate surface area is 359 Å². The summed E-state index contributed by atoms with van der Waals surface area (Å²) in [4.78, 5) is 5.20. The van der Waals surface area contributed by atoms with Crippen LogP contribution in [-0.4, -0.2) is 14.8 Å². The number of thiophene rings is 1. The fraction of sp³-hybridized carbons (Fsp3) is 0.0741. The van der Waals surface area contributed by atoms with Crippen LogP contribution in [0, 0.1) is 0 Å². The van der Waals surface area contributed by atoms with Crippen LogP contribution >= 0.6 is 23.1 Å². The van der Waals surface area contributed by atoms with Crippen molar-refractivity contribution in [3.63, 3.8) is 0 Å². The molecule has 6 heteroatoms. The van der Waals surface area contributed by atoms with Crippen LogP contribution in [0.3, 0.4) is 0 Å². The molecule has 0 amide bonds. The maximum absolute atomic E-state index is 6.56. The summed E-state index contributed by atoms with van der Waals surface area (Å²) >= 11 is 3.88. The summed E-state index contributed by atoms with van der Waals surface area (Å²) < 4.78 is 9.26. The molecular weight excluding hydrogens is 782 g/mol. The van der Waals surface area contributed by atoms with Gasteiger partial charge in [0, 0.05) is 42.1 Å². The van der Waals surface area contributed by atoms with Gasteiger partial charge in [0.2, 0.25) is 6.71 Å². The third kappa shape index (κ3) is 4.96. The highest BCUT2D eigenvalue weighted by Crippen LogP contribution is 2.47. The van der Waals surface area contributed by atoms with E-state index in [1.807, 2.05) is 23.1 Å². The second kappa shape index (κ2) is 13.5. The van der Waals surface area contributed by atoms with Gasteiger partial charge in [0.25, 0.3) is 0 Å². The van der Waals surface area contributed by atoms with Crippen LogP contribution in [-0.2, 0) is 0 Å². The topological polar surface area (TPSA) is 12.5 Å². The molecular formula is C54H38BNOS2Si. The van der Waals surface area contributed by atoms with Gasteiger partial charge in [0.1, 0.15) is 5.76 Å². The lowest BCUT2D eigenvalue weighted by Crippen LogP contribution is -2.87. The van der Waals surface area contributed by atoms with Crippen molar-refractivity contribution in [3.05, 3.63) is 193 Å². The lowest BCUT2D eigenvalue weighted by molar-refractivity contribution is 0.363.